The summed E-state index contributed by atoms with van der Waals surface area (Å²) in [7, 11) is -4.43. The average molecular weight is 451 g/mol. The Morgan fingerprint density at radius 3 is 2.03 bits per heavy atom. The van der Waals surface area contributed by atoms with Gasteiger partial charge in [-0.1, -0.05) is 72.6 Å². The van der Waals surface area contributed by atoms with Crippen LogP contribution >= 0.6 is 0 Å². The molecule has 0 radical (unpaired) electrons. The Morgan fingerprint density at radius 2 is 1.50 bits per heavy atom. The van der Waals surface area contributed by atoms with E-state index in [9.17, 15) is 18.0 Å². The largest absolute Gasteiger partial charge is 0.465 e. The van der Waals surface area contributed by atoms with E-state index in [0.717, 1.165) is 57.8 Å². The van der Waals surface area contributed by atoms with Crippen LogP contribution in [0, 0.1) is 17.8 Å². The minimum Gasteiger partial charge on any atom is -0.465 e. The molecule has 0 amide bonds. The second-order valence-corrected chi connectivity index (χ2v) is 9.83. The Bertz CT molecular complexity index is 574. The van der Waals surface area contributed by atoms with Crippen LogP contribution in [0.1, 0.15) is 91.9 Å². The van der Waals surface area contributed by atoms with Crippen molar-refractivity contribution in [2.45, 2.75) is 91.9 Å². The summed E-state index contributed by atoms with van der Waals surface area (Å²) in [6.45, 7) is 8.64. The average Bonchev–Trinajstić information content (AvgIpc) is 2.67. The van der Waals surface area contributed by atoms with Crippen molar-refractivity contribution in [1.82, 2.24) is 0 Å². The topological polar surface area (TPSA) is 107 Å². The quantitative estimate of drug-likeness (QED) is 0.182. The van der Waals surface area contributed by atoms with Crippen LogP contribution in [-0.4, -0.2) is 43.9 Å². The van der Waals surface area contributed by atoms with Crippen molar-refractivity contribution in [3.8, 4) is 0 Å². The predicted molar refractivity (Wildman–Crippen MR) is 118 cm³/mol. The summed E-state index contributed by atoms with van der Waals surface area (Å²) in [5, 5.41) is 0. The van der Waals surface area contributed by atoms with E-state index in [-0.39, 0.29) is 25.0 Å². The first kappa shape index (κ1) is 28.9. The Morgan fingerprint density at radius 1 is 0.900 bits per heavy atom. The molecule has 0 fully saturated rings. The molecule has 1 N–H and O–H groups in total. The molecule has 3 unspecified atom stereocenters. The molecule has 3 atom stereocenters. The molecule has 0 rings (SSSR count). The van der Waals surface area contributed by atoms with Gasteiger partial charge in [0.2, 0.25) is 0 Å². The van der Waals surface area contributed by atoms with E-state index in [1.807, 2.05) is 13.8 Å². The third-order valence-electron chi connectivity index (χ3n) is 5.24. The zero-order valence-corrected chi connectivity index (χ0v) is 20.0. The molecular weight excluding hydrogens is 408 g/mol. The number of hydrogen-bond donors (Lipinski definition) is 1. The number of carbonyl (C=O) groups is 2. The lowest BCUT2D eigenvalue weighted by Crippen LogP contribution is -2.30. The van der Waals surface area contributed by atoms with Gasteiger partial charge in [-0.25, -0.2) is 0 Å². The first-order chi connectivity index (χ1) is 14.1. The maximum atomic E-state index is 12.4. The van der Waals surface area contributed by atoms with Crippen LogP contribution < -0.4 is 0 Å². The number of ether oxygens (including phenoxy) is 2. The van der Waals surface area contributed by atoms with E-state index in [2.05, 4.69) is 13.8 Å². The first-order valence-electron chi connectivity index (χ1n) is 11.4. The molecule has 0 aliphatic heterocycles. The molecule has 0 bridgehead atoms. The lowest BCUT2D eigenvalue weighted by Gasteiger charge is -2.18. The van der Waals surface area contributed by atoms with Crippen molar-refractivity contribution in [2.75, 3.05) is 19.0 Å². The number of rotatable bonds is 18. The molecule has 7 nitrogen and oxygen atoms in total. The van der Waals surface area contributed by atoms with E-state index in [1.54, 1.807) is 0 Å². The molecule has 0 aliphatic rings. The molecule has 0 aliphatic carbocycles. The lowest BCUT2D eigenvalue weighted by molar-refractivity contribution is -0.155. The van der Waals surface area contributed by atoms with Gasteiger partial charge in [0.05, 0.1) is 31.3 Å². The van der Waals surface area contributed by atoms with Gasteiger partial charge in [0.15, 0.2) is 0 Å². The van der Waals surface area contributed by atoms with Crippen molar-refractivity contribution in [1.29, 1.82) is 0 Å². The maximum Gasteiger partial charge on any atom is 0.310 e. The van der Waals surface area contributed by atoms with E-state index < -0.39 is 40.1 Å². The fourth-order valence-electron chi connectivity index (χ4n) is 3.19. The van der Waals surface area contributed by atoms with Crippen LogP contribution in [0.3, 0.4) is 0 Å². The van der Waals surface area contributed by atoms with Gasteiger partial charge in [0, 0.05) is 0 Å². The highest BCUT2D eigenvalue weighted by molar-refractivity contribution is 7.85. The zero-order valence-electron chi connectivity index (χ0n) is 19.2. The van der Waals surface area contributed by atoms with Crippen LogP contribution in [0.4, 0.5) is 0 Å². The predicted octanol–water partition coefficient (Wildman–Crippen LogP) is 4.79. The van der Waals surface area contributed by atoms with Crippen molar-refractivity contribution in [3.05, 3.63) is 0 Å². The Balaban J connectivity index is 4.65. The molecule has 30 heavy (non-hydrogen) atoms. The van der Waals surface area contributed by atoms with Crippen molar-refractivity contribution >= 4 is 22.1 Å². The molecule has 8 heteroatoms. The second kappa shape index (κ2) is 16.5. The molecule has 178 valence electrons. The molecular formula is C22H42O7S. The van der Waals surface area contributed by atoms with Gasteiger partial charge in [-0.2, -0.15) is 8.42 Å². The summed E-state index contributed by atoms with van der Waals surface area (Å²) in [5.41, 5.74) is 0. The fourth-order valence-corrected chi connectivity index (χ4v) is 3.95. The third kappa shape index (κ3) is 15.7. The monoisotopic (exact) mass is 450 g/mol. The summed E-state index contributed by atoms with van der Waals surface area (Å²) in [5.74, 6) is -3.16. The van der Waals surface area contributed by atoms with Crippen molar-refractivity contribution in [3.63, 3.8) is 0 Å². The normalized spacial score (nSPS) is 14.7. The van der Waals surface area contributed by atoms with Crippen LogP contribution in [0.5, 0.6) is 0 Å². The summed E-state index contributed by atoms with van der Waals surface area (Å²) < 4.78 is 42.3. The minimum atomic E-state index is -4.43. The van der Waals surface area contributed by atoms with Gasteiger partial charge in [-0.3, -0.25) is 14.1 Å². The fraction of sp³-hybridized carbons (Fsp3) is 0.909. The molecule has 0 aromatic rings. The van der Waals surface area contributed by atoms with Crippen LogP contribution in [0.15, 0.2) is 0 Å². The molecule has 0 saturated heterocycles. The third-order valence-corrected chi connectivity index (χ3v) is 6.07. The van der Waals surface area contributed by atoms with E-state index in [1.165, 1.54) is 0 Å². The number of esters is 2. The van der Waals surface area contributed by atoms with Gasteiger partial charge in [-0.05, 0) is 24.7 Å². The molecule has 0 spiro atoms. The van der Waals surface area contributed by atoms with Gasteiger partial charge in [0.1, 0.15) is 0 Å². The second-order valence-electron chi connectivity index (χ2n) is 8.33. The van der Waals surface area contributed by atoms with E-state index in [0.29, 0.717) is 0 Å². The molecule has 0 aromatic carbocycles. The van der Waals surface area contributed by atoms with Crippen LogP contribution in [0.25, 0.3) is 0 Å². The van der Waals surface area contributed by atoms with Crippen molar-refractivity contribution < 1.29 is 32.0 Å². The van der Waals surface area contributed by atoms with Crippen molar-refractivity contribution in [2.24, 2.45) is 17.8 Å². The Hall–Kier alpha value is -1.15. The van der Waals surface area contributed by atoms with E-state index >= 15 is 0 Å². The van der Waals surface area contributed by atoms with Crippen LogP contribution in [-0.2, 0) is 29.2 Å². The van der Waals surface area contributed by atoms with Gasteiger partial charge in [0.25, 0.3) is 10.1 Å². The van der Waals surface area contributed by atoms with E-state index in [4.69, 9.17) is 14.0 Å². The van der Waals surface area contributed by atoms with Crippen LogP contribution in [0.2, 0.25) is 0 Å². The minimum absolute atomic E-state index is 0.146. The summed E-state index contributed by atoms with van der Waals surface area (Å²) in [6, 6.07) is 0. The smallest absolute Gasteiger partial charge is 0.310 e. The summed E-state index contributed by atoms with van der Waals surface area (Å²) in [4.78, 5) is 24.6. The SMILES string of the molecule is CCCCCC(C)COC(=O)C(CC(=O)OCC(CC)CCCCC)CS(=O)(=O)O. The van der Waals surface area contributed by atoms with Gasteiger partial charge in [-0.15, -0.1) is 0 Å². The van der Waals surface area contributed by atoms with Gasteiger partial charge >= 0.3 is 11.9 Å². The zero-order chi connectivity index (χ0) is 23.0. The van der Waals surface area contributed by atoms with Gasteiger partial charge < -0.3 is 9.47 Å². The molecule has 0 heterocycles. The standard InChI is InChI=1S/C22H42O7S/c1-5-8-10-12-18(4)15-29-22(24)20(17-30(25,26)27)14-21(23)28-16-19(7-3)13-11-9-6-2/h18-20H,5-17H2,1-4H3,(H,25,26,27). The Labute approximate surface area is 183 Å². The maximum absolute atomic E-state index is 12.4. The number of unbranched alkanes of at least 4 members (excludes halogenated alkanes) is 4. The lowest BCUT2D eigenvalue weighted by atomic mass is 9.99. The first-order valence-corrected chi connectivity index (χ1v) is 13.0. The highest BCUT2D eigenvalue weighted by atomic mass is 32.2. The summed E-state index contributed by atoms with van der Waals surface area (Å²) >= 11 is 0. The number of hydrogen-bond acceptors (Lipinski definition) is 6. The summed E-state index contributed by atoms with van der Waals surface area (Å²) in [6.07, 6.45) is 8.88. The highest BCUT2D eigenvalue weighted by Crippen LogP contribution is 2.17. The molecule has 0 saturated carbocycles. The number of carbonyl (C=O) groups excluding carboxylic acids is 2. The Kier molecular flexibility index (Phi) is 15.9. The highest BCUT2D eigenvalue weighted by Gasteiger charge is 2.29. The molecule has 0 aromatic heterocycles.